The summed E-state index contributed by atoms with van der Waals surface area (Å²) >= 11 is 0. The van der Waals surface area contributed by atoms with Crippen LogP contribution in [-0.2, 0) is 0 Å². The van der Waals surface area contributed by atoms with E-state index in [0.29, 0.717) is 30.3 Å². The molecule has 3 rings (SSSR count). The van der Waals surface area contributed by atoms with E-state index in [1.165, 1.54) is 0 Å². The Hall–Kier alpha value is -3.22. The maximum absolute atomic E-state index is 12.1. The average Bonchev–Trinajstić information content (AvgIpc) is 2.97. The van der Waals surface area contributed by atoms with Gasteiger partial charge >= 0.3 is 0 Å². The van der Waals surface area contributed by atoms with Gasteiger partial charge in [0, 0.05) is 24.3 Å². The fourth-order valence-electron chi connectivity index (χ4n) is 2.68. The first-order chi connectivity index (χ1) is 12.5. The van der Waals surface area contributed by atoms with Crippen molar-refractivity contribution in [2.75, 3.05) is 18.4 Å². The molecule has 1 aromatic carbocycles. The van der Waals surface area contributed by atoms with Crippen LogP contribution < -0.4 is 10.6 Å². The monoisotopic (exact) mass is 350 g/mol. The van der Waals surface area contributed by atoms with Gasteiger partial charge in [0.05, 0.1) is 5.69 Å². The van der Waals surface area contributed by atoms with E-state index in [0.717, 1.165) is 17.0 Å². The number of rotatable bonds is 6. The van der Waals surface area contributed by atoms with Gasteiger partial charge in [0.2, 0.25) is 0 Å². The van der Waals surface area contributed by atoms with Crippen LogP contribution >= 0.6 is 0 Å². The number of nitrogens with zero attached hydrogens (tertiary/aromatic N) is 4. The number of aromatic nitrogens is 4. The minimum Gasteiger partial charge on any atom is -0.367 e. The zero-order chi connectivity index (χ0) is 18.5. The van der Waals surface area contributed by atoms with Crippen LogP contribution in [0.3, 0.4) is 0 Å². The summed E-state index contributed by atoms with van der Waals surface area (Å²) in [4.78, 5) is 12.1. The molecule has 2 aromatic heterocycles. The number of carbonyl (C=O) groups is 1. The van der Waals surface area contributed by atoms with Crippen molar-refractivity contribution in [3.63, 3.8) is 0 Å². The molecule has 2 N–H and O–H groups in total. The normalized spacial score (nSPS) is 10.6. The van der Waals surface area contributed by atoms with Gasteiger partial charge in [-0.25, -0.2) is 4.68 Å². The SMILES string of the molecule is Cc1cc(C)n(-c2ccc(NCCNC(=O)c3ccccc3C)nn2)n1. The predicted molar refractivity (Wildman–Crippen MR) is 101 cm³/mol. The number of anilines is 1. The van der Waals surface area contributed by atoms with Gasteiger partial charge in [0.1, 0.15) is 5.82 Å². The largest absolute Gasteiger partial charge is 0.367 e. The molecule has 0 fully saturated rings. The first-order valence-corrected chi connectivity index (χ1v) is 8.49. The van der Waals surface area contributed by atoms with Crippen molar-refractivity contribution in [2.24, 2.45) is 0 Å². The smallest absolute Gasteiger partial charge is 0.251 e. The Morgan fingerprint density at radius 2 is 1.85 bits per heavy atom. The van der Waals surface area contributed by atoms with Gasteiger partial charge in [0.15, 0.2) is 5.82 Å². The van der Waals surface area contributed by atoms with Gasteiger partial charge in [-0.3, -0.25) is 4.79 Å². The van der Waals surface area contributed by atoms with Crippen LogP contribution in [0.25, 0.3) is 5.82 Å². The molecule has 3 aromatic rings. The van der Waals surface area contributed by atoms with E-state index in [-0.39, 0.29) is 5.91 Å². The van der Waals surface area contributed by atoms with Crippen LogP contribution in [0.4, 0.5) is 5.82 Å². The zero-order valence-corrected chi connectivity index (χ0v) is 15.2. The van der Waals surface area contributed by atoms with Gasteiger partial charge in [-0.15, -0.1) is 10.2 Å². The van der Waals surface area contributed by atoms with Gasteiger partial charge in [-0.2, -0.15) is 5.10 Å². The molecular weight excluding hydrogens is 328 g/mol. The van der Waals surface area contributed by atoms with E-state index in [4.69, 9.17) is 0 Å². The van der Waals surface area contributed by atoms with Crippen LogP contribution in [0, 0.1) is 20.8 Å². The molecule has 7 heteroatoms. The van der Waals surface area contributed by atoms with E-state index in [2.05, 4.69) is 25.9 Å². The maximum atomic E-state index is 12.1. The van der Waals surface area contributed by atoms with Crippen LogP contribution in [0.5, 0.6) is 0 Å². The molecule has 0 unspecified atom stereocenters. The highest BCUT2D eigenvalue weighted by molar-refractivity contribution is 5.95. The minimum absolute atomic E-state index is 0.0733. The summed E-state index contributed by atoms with van der Waals surface area (Å²) in [5.74, 6) is 1.25. The fraction of sp³-hybridized carbons (Fsp3) is 0.263. The zero-order valence-electron chi connectivity index (χ0n) is 15.2. The predicted octanol–water partition coefficient (Wildman–Crippen LogP) is 2.43. The summed E-state index contributed by atoms with van der Waals surface area (Å²) in [5, 5.41) is 18.8. The molecular formula is C19H22N6O. The molecule has 0 saturated heterocycles. The Kier molecular flexibility index (Phi) is 5.26. The summed E-state index contributed by atoms with van der Waals surface area (Å²) in [6.07, 6.45) is 0. The molecule has 134 valence electrons. The standard InChI is InChI=1S/C19H22N6O/c1-13-6-4-5-7-16(13)19(26)21-11-10-20-17-8-9-18(23-22-17)25-15(3)12-14(2)24-25/h4-9,12H,10-11H2,1-3H3,(H,20,22)(H,21,26). The summed E-state index contributed by atoms with van der Waals surface area (Å²) < 4.78 is 1.76. The molecule has 0 spiro atoms. The van der Waals surface area contributed by atoms with Crippen molar-refractivity contribution in [3.8, 4) is 5.82 Å². The Morgan fingerprint density at radius 1 is 1.04 bits per heavy atom. The van der Waals surface area contributed by atoms with E-state index in [1.807, 2.05) is 63.2 Å². The maximum Gasteiger partial charge on any atom is 0.251 e. The van der Waals surface area contributed by atoms with Crippen molar-refractivity contribution in [2.45, 2.75) is 20.8 Å². The highest BCUT2D eigenvalue weighted by Crippen LogP contribution is 2.10. The summed E-state index contributed by atoms with van der Waals surface area (Å²) in [7, 11) is 0. The molecule has 1 amide bonds. The van der Waals surface area contributed by atoms with Crippen molar-refractivity contribution < 1.29 is 4.79 Å². The second-order valence-electron chi connectivity index (χ2n) is 6.11. The minimum atomic E-state index is -0.0733. The van der Waals surface area contributed by atoms with Crippen molar-refractivity contribution >= 4 is 11.7 Å². The van der Waals surface area contributed by atoms with Crippen LogP contribution in [0.15, 0.2) is 42.5 Å². The van der Waals surface area contributed by atoms with E-state index in [9.17, 15) is 4.79 Å². The third-order valence-electron chi connectivity index (χ3n) is 3.98. The number of benzene rings is 1. The number of hydrogen-bond acceptors (Lipinski definition) is 5. The van der Waals surface area contributed by atoms with Crippen molar-refractivity contribution in [3.05, 3.63) is 65.0 Å². The third-order valence-corrected chi connectivity index (χ3v) is 3.98. The lowest BCUT2D eigenvalue weighted by Gasteiger charge is -2.09. The quantitative estimate of drug-likeness (QED) is 0.667. The molecule has 0 aliphatic rings. The van der Waals surface area contributed by atoms with Crippen LogP contribution in [0.1, 0.15) is 27.3 Å². The van der Waals surface area contributed by atoms with Gasteiger partial charge in [0.25, 0.3) is 5.91 Å². The van der Waals surface area contributed by atoms with E-state index < -0.39 is 0 Å². The molecule has 0 bridgehead atoms. The average molecular weight is 350 g/mol. The fourth-order valence-corrected chi connectivity index (χ4v) is 2.68. The second kappa shape index (κ2) is 7.77. The first-order valence-electron chi connectivity index (χ1n) is 8.49. The number of carbonyl (C=O) groups excluding carboxylic acids is 1. The summed E-state index contributed by atoms with van der Waals surface area (Å²) in [5.41, 5.74) is 3.61. The number of nitrogens with one attached hydrogen (secondary N) is 2. The lowest BCUT2D eigenvalue weighted by atomic mass is 10.1. The van der Waals surface area contributed by atoms with Crippen molar-refractivity contribution in [1.82, 2.24) is 25.3 Å². The summed E-state index contributed by atoms with van der Waals surface area (Å²) in [6, 6.07) is 13.2. The number of aryl methyl sites for hydroxylation is 3. The highest BCUT2D eigenvalue weighted by atomic mass is 16.1. The molecule has 0 aliphatic carbocycles. The summed E-state index contributed by atoms with van der Waals surface area (Å²) in [6.45, 7) is 6.90. The lowest BCUT2D eigenvalue weighted by molar-refractivity contribution is 0.0954. The van der Waals surface area contributed by atoms with Crippen LogP contribution in [0.2, 0.25) is 0 Å². The molecule has 0 aliphatic heterocycles. The van der Waals surface area contributed by atoms with Crippen LogP contribution in [-0.4, -0.2) is 39.0 Å². The molecule has 0 atom stereocenters. The highest BCUT2D eigenvalue weighted by Gasteiger charge is 2.08. The molecule has 0 saturated carbocycles. The van der Waals surface area contributed by atoms with Gasteiger partial charge < -0.3 is 10.6 Å². The Morgan fingerprint density at radius 3 is 2.50 bits per heavy atom. The second-order valence-corrected chi connectivity index (χ2v) is 6.11. The third kappa shape index (κ3) is 4.05. The Balaban J connectivity index is 1.50. The topological polar surface area (TPSA) is 84.7 Å². The lowest BCUT2D eigenvalue weighted by Crippen LogP contribution is -2.29. The van der Waals surface area contributed by atoms with Gasteiger partial charge in [-0.1, -0.05) is 18.2 Å². The first kappa shape index (κ1) is 17.6. The van der Waals surface area contributed by atoms with Crippen molar-refractivity contribution in [1.29, 1.82) is 0 Å². The molecule has 0 radical (unpaired) electrons. The number of hydrogen-bond donors (Lipinski definition) is 2. The molecule has 7 nitrogen and oxygen atoms in total. The molecule has 26 heavy (non-hydrogen) atoms. The van der Waals surface area contributed by atoms with Gasteiger partial charge in [-0.05, 0) is 50.6 Å². The van der Waals surface area contributed by atoms with E-state index in [1.54, 1.807) is 4.68 Å². The molecule has 2 heterocycles. The Bertz CT molecular complexity index is 901. The number of amides is 1. The Labute approximate surface area is 152 Å². The van der Waals surface area contributed by atoms with E-state index >= 15 is 0 Å².